The number of carbonyl (C=O) groups excluding carboxylic acids is 2. The van der Waals surface area contributed by atoms with Crippen molar-refractivity contribution in [2.45, 2.75) is 70.2 Å². The molecular formula is C31H40O5. The van der Waals surface area contributed by atoms with E-state index >= 15 is 0 Å². The van der Waals surface area contributed by atoms with Crippen molar-refractivity contribution in [2.75, 3.05) is 14.2 Å². The van der Waals surface area contributed by atoms with Crippen LogP contribution >= 0.6 is 0 Å². The summed E-state index contributed by atoms with van der Waals surface area (Å²) >= 11 is 0. The van der Waals surface area contributed by atoms with E-state index in [1.54, 1.807) is 12.1 Å². The standard InChI is InChI=1S/C16H18O3.C13H16O2.C2H6/c1-18-16(19-2,14-11-7-4-8-12-14)15(17)13-9-5-3-6-10-13;14-12(11-7-3-1-4-8-11)13(15)9-5-2-6-10-13;1-2/h4-5,7-12H,3,6H2,1-2H3;1,3-4,7-8,15H,2,5-6,9-10H2;1-2H3. The second-order valence-electron chi connectivity index (χ2n) is 8.65. The normalized spacial score (nSPS) is 16.4. The molecule has 0 amide bonds. The van der Waals surface area contributed by atoms with E-state index in [9.17, 15) is 14.7 Å². The second kappa shape index (κ2) is 14.6. The van der Waals surface area contributed by atoms with Gasteiger partial charge in [0.15, 0.2) is 5.78 Å². The van der Waals surface area contributed by atoms with E-state index in [1.807, 2.05) is 80.6 Å². The van der Waals surface area contributed by atoms with Crippen LogP contribution in [-0.4, -0.2) is 36.5 Å². The van der Waals surface area contributed by atoms with E-state index in [0.717, 1.165) is 32.1 Å². The Kier molecular flexibility index (Phi) is 11.9. The minimum atomic E-state index is -1.37. The van der Waals surface area contributed by atoms with E-state index in [4.69, 9.17) is 9.47 Å². The summed E-state index contributed by atoms with van der Waals surface area (Å²) in [4.78, 5) is 24.8. The number of allylic oxidation sites excluding steroid dienone is 3. The molecule has 0 radical (unpaired) electrons. The highest BCUT2D eigenvalue weighted by Gasteiger charge is 2.42. The Morgan fingerprint density at radius 2 is 1.39 bits per heavy atom. The van der Waals surface area contributed by atoms with Crippen LogP contribution in [0.4, 0.5) is 0 Å². The van der Waals surface area contributed by atoms with E-state index < -0.39 is 11.4 Å². The third-order valence-electron chi connectivity index (χ3n) is 6.42. The number of ether oxygens (including phenoxy) is 2. The smallest absolute Gasteiger partial charge is 0.260 e. The van der Waals surface area contributed by atoms with Gasteiger partial charge >= 0.3 is 0 Å². The number of Topliss-reactive ketones (excluding diaryl/α,β-unsaturated/α-hetero) is 2. The Morgan fingerprint density at radius 1 is 0.833 bits per heavy atom. The maximum absolute atomic E-state index is 12.7. The maximum Gasteiger partial charge on any atom is 0.260 e. The van der Waals surface area contributed by atoms with E-state index in [2.05, 4.69) is 0 Å². The van der Waals surface area contributed by atoms with Gasteiger partial charge in [0.25, 0.3) is 5.79 Å². The van der Waals surface area contributed by atoms with E-state index in [1.165, 1.54) is 14.2 Å². The lowest BCUT2D eigenvalue weighted by atomic mass is 9.79. The molecule has 2 aromatic carbocycles. The van der Waals surface area contributed by atoms with E-state index in [0.29, 0.717) is 29.5 Å². The van der Waals surface area contributed by atoms with Crippen molar-refractivity contribution in [1.29, 1.82) is 0 Å². The number of benzene rings is 2. The fourth-order valence-corrected chi connectivity index (χ4v) is 4.49. The largest absolute Gasteiger partial charge is 0.382 e. The lowest BCUT2D eigenvalue weighted by molar-refractivity contribution is -0.209. The van der Waals surface area contributed by atoms with Crippen LogP contribution in [0.15, 0.2) is 84.5 Å². The Labute approximate surface area is 215 Å². The van der Waals surface area contributed by atoms with Gasteiger partial charge in [0.2, 0.25) is 5.78 Å². The van der Waals surface area contributed by atoms with Crippen LogP contribution in [0.25, 0.3) is 0 Å². The number of ketones is 2. The quantitative estimate of drug-likeness (QED) is 0.350. The monoisotopic (exact) mass is 492 g/mol. The molecule has 0 aromatic heterocycles. The zero-order valence-corrected chi connectivity index (χ0v) is 22.0. The number of hydrogen-bond acceptors (Lipinski definition) is 5. The van der Waals surface area contributed by atoms with Crippen molar-refractivity contribution in [3.63, 3.8) is 0 Å². The molecule has 5 heteroatoms. The molecule has 194 valence electrons. The van der Waals surface area contributed by atoms with Gasteiger partial charge in [-0.15, -0.1) is 0 Å². The van der Waals surface area contributed by atoms with Crippen molar-refractivity contribution in [2.24, 2.45) is 0 Å². The summed E-state index contributed by atoms with van der Waals surface area (Å²) in [6.45, 7) is 4.00. The van der Waals surface area contributed by atoms with Crippen LogP contribution in [0.5, 0.6) is 0 Å². The lowest BCUT2D eigenvalue weighted by Gasteiger charge is -2.30. The molecule has 0 aliphatic heterocycles. The first-order valence-corrected chi connectivity index (χ1v) is 12.9. The summed E-state index contributed by atoms with van der Waals surface area (Å²) in [5.41, 5.74) is 0.866. The first-order chi connectivity index (χ1) is 17.5. The van der Waals surface area contributed by atoms with Crippen molar-refractivity contribution in [3.8, 4) is 0 Å². The average molecular weight is 493 g/mol. The summed E-state index contributed by atoms with van der Waals surface area (Å²) in [5, 5.41) is 10.2. The zero-order valence-electron chi connectivity index (χ0n) is 22.0. The van der Waals surface area contributed by atoms with Crippen molar-refractivity contribution in [3.05, 3.63) is 95.6 Å². The fourth-order valence-electron chi connectivity index (χ4n) is 4.49. The first-order valence-electron chi connectivity index (χ1n) is 12.9. The summed E-state index contributed by atoms with van der Waals surface area (Å²) < 4.78 is 10.9. The van der Waals surface area contributed by atoms with Crippen LogP contribution in [0.2, 0.25) is 0 Å². The van der Waals surface area contributed by atoms with Gasteiger partial charge in [-0.05, 0) is 25.7 Å². The lowest BCUT2D eigenvalue weighted by Crippen LogP contribution is -2.40. The van der Waals surface area contributed by atoms with Crippen LogP contribution < -0.4 is 0 Å². The molecule has 1 saturated carbocycles. The minimum absolute atomic E-state index is 0.109. The predicted molar refractivity (Wildman–Crippen MR) is 144 cm³/mol. The maximum atomic E-state index is 12.7. The van der Waals surface area contributed by atoms with Crippen molar-refractivity contribution < 1.29 is 24.2 Å². The SMILES string of the molecule is CC.COC(OC)(C(=O)C1=CCCC=C1)c1ccccc1.O=C(c1ccccc1)C1(O)CCCCC1. The molecule has 1 fully saturated rings. The zero-order chi connectivity index (χ0) is 26.4. The molecule has 2 aliphatic rings. The summed E-state index contributed by atoms with van der Waals surface area (Å²) in [6, 6.07) is 18.4. The van der Waals surface area contributed by atoms with Crippen molar-refractivity contribution >= 4 is 11.6 Å². The van der Waals surface area contributed by atoms with Gasteiger partial charge in [-0.25, -0.2) is 0 Å². The second-order valence-corrected chi connectivity index (χ2v) is 8.65. The predicted octanol–water partition coefficient (Wildman–Crippen LogP) is 6.57. The number of methoxy groups -OCH3 is 2. The number of hydrogen-bond donors (Lipinski definition) is 1. The van der Waals surface area contributed by atoms with Crippen molar-refractivity contribution in [1.82, 2.24) is 0 Å². The van der Waals surface area contributed by atoms with Crippen LogP contribution in [0.3, 0.4) is 0 Å². The molecular weight excluding hydrogens is 452 g/mol. The molecule has 0 saturated heterocycles. The van der Waals surface area contributed by atoms with Gasteiger partial charge < -0.3 is 14.6 Å². The topological polar surface area (TPSA) is 72.8 Å². The highest BCUT2D eigenvalue weighted by atomic mass is 16.7. The molecule has 2 aliphatic carbocycles. The third kappa shape index (κ3) is 7.10. The van der Waals surface area contributed by atoms with Gasteiger partial charge in [-0.3, -0.25) is 9.59 Å². The van der Waals surface area contributed by atoms with Crippen LogP contribution in [-0.2, 0) is 20.1 Å². The third-order valence-corrected chi connectivity index (χ3v) is 6.42. The van der Waals surface area contributed by atoms with Gasteiger partial charge in [-0.1, -0.05) is 112 Å². The van der Waals surface area contributed by atoms with Crippen LogP contribution in [0.1, 0.15) is 74.7 Å². The summed E-state index contributed by atoms with van der Waals surface area (Å²) in [7, 11) is 2.98. The Bertz CT molecular complexity index is 998. The molecule has 36 heavy (non-hydrogen) atoms. The minimum Gasteiger partial charge on any atom is -0.382 e. The molecule has 1 N–H and O–H groups in total. The van der Waals surface area contributed by atoms with E-state index in [-0.39, 0.29) is 11.6 Å². The number of rotatable bonds is 7. The highest BCUT2D eigenvalue weighted by Crippen LogP contribution is 2.32. The Morgan fingerprint density at radius 3 is 1.89 bits per heavy atom. The molecule has 5 nitrogen and oxygen atoms in total. The molecule has 0 bridgehead atoms. The first kappa shape index (κ1) is 29.4. The average Bonchev–Trinajstić information content (AvgIpc) is 2.97. The Balaban J connectivity index is 0.000000243. The number of carbonyl (C=O) groups is 2. The molecule has 2 aromatic rings. The van der Waals surface area contributed by atoms with Crippen LogP contribution in [0, 0.1) is 0 Å². The molecule has 4 rings (SSSR count). The molecule has 0 atom stereocenters. The fraction of sp³-hybridized carbons (Fsp3) is 0.419. The molecule has 0 spiro atoms. The van der Waals surface area contributed by atoms with Gasteiger partial charge in [0.1, 0.15) is 5.60 Å². The summed E-state index contributed by atoms with van der Waals surface area (Å²) in [6.07, 6.45) is 11.9. The highest BCUT2D eigenvalue weighted by molar-refractivity contribution is 6.04. The Hall–Kier alpha value is -2.86. The van der Waals surface area contributed by atoms with Gasteiger partial charge in [0.05, 0.1) is 0 Å². The van der Waals surface area contributed by atoms with Gasteiger partial charge in [0, 0.05) is 30.9 Å². The number of aliphatic hydroxyl groups is 1. The molecule has 0 unspecified atom stereocenters. The molecule has 0 heterocycles. The van der Waals surface area contributed by atoms with Gasteiger partial charge in [-0.2, -0.15) is 0 Å². The summed E-state index contributed by atoms with van der Waals surface area (Å²) in [5.74, 6) is -1.64.